The van der Waals surface area contributed by atoms with Gasteiger partial charge in [-0.3, -0.25) is 25.3 Å². The number of nitrogens with zero attached hydrogens (tertiary/aromatic N) is 2. The summed E-state index contributed by atoms with van der Waals surface area (Å²) in [5.41, 5.74) is 6.12. The molecule has 0 aliphatic carbocycles. The van der Waals surface area contributed by atoms with Crippen molar-refractivity contribution in [1.29, 1.82) is 0 Å². The number of thiophene rings is 1. The van der Waals surface area contributed by atoms with Crippen molar-refractivity contribution < 1.29 is 9.59 Å². The Hall–Kier alpha value is -2.64. The average molecular weight is 385 g/mol. The molecule has 6 nitrogen and oxygen atoms in total. The van der Waals surface area contributed by atoms with Gasteiger partial charge in [-0.25, -0.2) is 0 Å². The number of carbonyl (C=O) groups excluding carboxylic acids is 2. The monoisotopic (exact) mass is 384 g/mol. The van der Waals surface area contributed by atoms with Crippen molar-refractivity contribution in [3.05, 3.63) is 58.8 Å². The number of rotatable bonds is 6. The minimum Gasteiger partial charge on any atom is -0.369 e. The number of anilines is 1. The van der Waals surface area contributed by atoms with Crippen molar-refractivity contribution in [2.75, 3.05) is 37.6 Å². The second-order valence-electron chi connectivity index (χ2n) is 6.30. The Morgan fingerprint density at radius 1 is 1.00 bits per heavy atom. The second-order valence-corrected chi connectivity index (χ2v) is 7.28. The van der Waals surface area contributed by atoms with Crippen LogP contribution in [0.4, 0.5) is 5.69 Å². The van der Waals surface area contributed by atoms with Gasteiger partial charge in [-0.05, 0) is 29.7 Å². The van der Waals surface area contributed by atoms with Gasteiger partial charge in [0.25, 0.3) is 5.91 Å². The number of piperazine rings is 1. The molecule has 2 N–H and O–H groups in total. The van der Waals surface area contributed by atoms with Gasteiger partial charge < -0.3 is 4.90 Å². The first kappa shape index (κ1) is 19.1. The molecule has 142 valence electrons. The number of hydrogen-bond donors (Lipinski definition) is 2. The fourth-order valence-electron chi connectivity index (χ4n) is 2.91. The summed E-state index contributed by atoms with van der Waals surface area (Å²) in [6.45, 7) is 4.46. The van der Waals surface area contributed by atoms with E-state index < -0.39 is 0 Å². The minimum atomic E-state index is -0.340. The van der Waals surface area contributed by atoms with E-state index in [4.69, 9.17) is 0 Å². The Morgan fingerprint density at radius 2 is 1.78 bits per heavy atom. The number of carbonyl (C=O) groups is 2. The van der Waals surface area contributed by atoms with Gasteiger partial charge in [0.2, 0.25) is 5.91 Å². The van der Waals surface area contributed by atoms with Crippen LogP contribution in [0.5, 0.6) is 0 Å². The molecule has 2 amide bonds. The first-order chi connectivity index (χ1) is 13.2. The van der Waals surface area contributed by atoms with Gasteiger partial charge in [-0.15, -0.1) is 11.3 Å². The standard InChI is InChI=1S/C20H24N4O2S/c25-19(9-8-18-7-4-16-27-18)21-22-20(26)10-11-23-12-14-24(15-13-23)17-5-2-1-3-6-17/h1-9,16H,10-15H2,(H,21,25)(H,22,26). The second kappa shape index (κ2) is 9.89. The Balaban J connectivity index is 1.31. The Kier molecular flexibility index (Phi) is 7.01. The number of hydrazine groups is 1. The van der Waals surface area contributed by atoms with Crippen LogP contribution in [0, 0.1) is 0 Å². The van der Waals surface area contributed by atoms with Crippen LogP contribution in [0.15, 0.2) is 53.9 Å². The Bertz CT molecular complexity index is 754. The number of amides is 2. The molecule has 1 aliphatic heterocycles. The average Bonchev–Trinajstić information content (AvgIpc) is 3.24. The summed E-state index contributed by atoms with van der Waals surface area (Å²) < 4.78 is 0. The molecular formula is C20H24N4O2S. The molecular weight excluding hydrogens is 360 g/mol. The van der Waals surface area contributed by atoms with Crippen LogP contribution < -0.4 is 15.8 Å². The van der Waals surface area contributed by atoms with E-state index in [1.54, 1.807) is 17.4 Å². The van der Waals surface area contributed by atoms with Gasteiger partial charge in [0.15, 0.2) is 0 Å². The zero-order chi connectivity index (χ0) is 18.9. The molecule has 0 bridgehead atoms. The van der Waals surface area contributed by atoms with Crippen molar-refractivity contribution in [2.45, 2.75) is 6.42 Å². The predicted molar refractivity (Wildman–Crippen MR) is 109 cm³/mol. The van der Waals surface area contributed by atoms with Crippen LogP contribution >= 0.6 is 11.3 Å². The van der Waals surface area contributed by atoms with E-state index in [0.717, 1.165) is 31.1 Å². The summed E-state index contributed by atoms with van der Waals surface area (Å²) in [6.07, 6.45) is 3.49. The van der Waals surface area contributed by atoms with Crippen LogP contribution in [0.1, 0.15) is 11.3 Å². The highest BCUT2D eigenvalue weighted by atomic mass is 32.1. The first-order valence-electron chi connectivity index (χ1n) is 9.03. The smallest absolute Gasteiger partial charge is 0.262 e. The maximum atomic E-state index is 11.9. The SMILES string of the molecule is O=C(C=Cc1cccs1)NNC(=O)CCN1CCN(c2ccccc2)CC1. The lowest BCUT2D eigenvalue weighted by atomic mass is 10.2. The molecule has 7 heteroatoms. The molecule has 1 saturated heterocycles. The van der Waals surface area contributed by atoms with E-state index >= 15 is 0 Å². The fraction of sp³-hybridized carbons (Fsp3) is 0.300. The molecule has 0 spiro atoms. The number of hydrogen-bond acceptors (Lipinski definition) is 5. The minimum absolute atomic E-state index is 0.182. The van der Waals surface area contributed by atoms with E-state index in [2.05, 4.69) is 44.9 Å². The van der Waals surface area contributed by atoms with E-state index in [1.807, 2.05) is 23.6 Å². The molecule has 0 unspecified atom stereocenters. The largest absolute Gasteiger partial charge is 0.369 e. The van der Waals surface area contributed by atoms with Crippen molar-refractivity contribution in [3.63, 3.8) is 0 Å². The molecule has 27 heavy (non-hydrogen) atoms. The summed E-state index contributed by atoms with van der Waals surface area (Å²) in [4.78, 5) is 29.2. The number of benzene rings is 1. The summed E-state index contributed by atoms with van der Waals surface area (Å²) in [7, 11) is 0. The highest BCUT2D eigenvalue weighted by molar-refractivity contribution is 7.10. The normalized spacial score (nSPS) is 15.0. The lowest BCUT2D eigenvalue weighted by Crippen LogP contribution is -2.48. The lowest BCUT2D eigenvalue weighted by Gasteiger charge is -2.36. The fourth-order valence-corrected chi connectivity index (χ4v) is 3.53. The highest BCUT2D eigenvalue weighted by Gasteiger charge is 2.17. The van der Waals surface area contributed by atoms with Gasteiger partial charge in [-0.1, -0.05) is 24.3 Å². The third kappa shape index (κ3) is 6.23. The highest BCUT2D eigenvalue weighted by Crippen LogP contribution is 2.15. The van der Waals surface area contributed by atoms with Crippen molar-refractivity contribution in [1.82, 2.24) is 15.8 Å². The van der Waals surface area contributed by atoms with Gasteiger partial charge in [0.1, 0.15) is 0 Å². The summed E-state index contributed by atoms with van der Waals surface area (Å²) in [5, 5.41) is 1.94. The first-order valence-corrected chi connectivity index (χ1v) is 9.91. The molecule has 1 fully saturated rings. The molecule has 1 aromatic heterocycles. The Morgan fingerprint density at radius 3 is 2.48 bits per heavy atom. The van der Waals surface area contributed by atoms with Crippen LogP contribution in [0.3, 0.4) is 0 Å². The molecule has 0 saturated carbocycles. The van der Waals surface area contributed by atoms with Crippen LogP contribution in [-0.2, 0) is 9.59 Å². The van der Waals surface area contributed by atoms with Crippen LogP contribution in [-0.4, -0.2) is 49.4 Å². The third-order valence-electron chi connectivity index (χ3n) is 4.42. The molecule has 2 aromatic rings. The lowest BCUT2D eigenvalue weighted by molar-refractivity contribution is -0.127. The molecule has 0 radical (unpaired) electrons. The molecule has 0 atom stereocenters. The summed E-state index contributed by atoms with van der Waals surface area (Å²) >= 11 is 1.55. The van der Waals surface area contributed by atoms with Crippen molar-refractivity contribution >= 4 is 34.9 Å². The van der Waals surface area contributed by atoms with Gasteiger partial charge in [-0.2, -0.15) is 0 Å². The maximum absolute atomic E-state index is 11.9. The number of para-hydroxylation sites is 1. The molecule has 1 aromatic carbocycles. The predicted octanol–water partition coefficient (Wildman–Crippen LogP) is 2.12. The summed E-state index contributed by atoms with van der Waals surface area (Å²) in [5.74, 6) is -0.522. The summed E-state index contributed by atoms with van der Waals surface area (Å²) in [6, 6.07) is 14.2. The molecule has 3 rings (SSSR count). The van der Waals surface area contributed by atoms with Gasteiger partial charge in [0, 0.05) is 55.8 Å². The van der Waals surface area contributed by atoms with Crippen molar-refractivity contribution in [3.8, 4) is 0 Å². The quantitative estimate of drug-likeness (QED) is 0.592. The van der Waals surface area contributed by atoms with E-state index in [0.29, 0.717) is 13.0 Å². The van der Waals surface area contributed by atoms with Crippen molar-refractivity contribution in [2.24, 2.45) is 0 Å². The van der Waals surface area contributed by atoms with E-state index in [9.17, 15) is 9.59 Å². The topological polar surface area (TPSA) is 64.7 Å². The maximum Gasteiger partial charge on any atom is 0.262 e. The van der Waals surface area contributed by atoms with Gasteiger partial charge in [0.05, 0.1) is 0 Å². The molecule has 1 aliphatic rings. The zero-order valence-electron chi connectivity index (χ0n) is 15.1. The third-order valence-corrected chi connectivity index (χ3v) is 5.25. The van der Waals surface area contributed by atoms with Crippen LogP contribution in [0.2, 0.25) is 0 Å². The molecule has 2 heterocycles. The van der Waals surface area contributed by atoms with Gasteiger partial charge >= 0.3 is 0 Å². The van der Waals surface area contributed by atoms with Crippen LogP contribution in [0.25, 0.3) is 6.08 Å². The van der Waals surface area contributed by atoms with E-state index in [-0.39, 0.29) is 11.8 Å². The Labute approximate surface area is 163 Å². The number of nitrogens with one attached hydrogen (secondary N) is 2. The zero-order valence-corrected chi connectivity index (χ0v) is 16.0. The van der Waals surface area contributed by atoms with E-state index in [1.165, 1.54) is 11.8 Å².